The van der Waals surface area contributed by atoms with Gasteiger partial charge in [0.05, 0.1) is 24.6 Å². The van der Waals surface area contributed by atoms with Crippen molar-refractivity contribution in [1.29, 1.82) is 0 Å². The lowest BCUT2D eigenvalue weighted by molar-refractivity contribution is -0.137. The summed E-state index contributed by atoms with van der Waals surface area (Å²) in [6, 6.07) is 8.48. The van der Waals surface area contributed by atoms with Gasteiger partial charge in [0.2, 0.25) is 5.91 Å². The number of aliphatic carboxylic acids is 1. The number of aryl methyl sites for hydroxylation is 3. The Labute approximate surface area is 269 Å². The van der Waals surface area contributed by atoms with Crippen molar-refractivity contribution in [3.8, 4) is 11.1 Å². The standard InChI is InChI=1S/C21H24F2N2O3.C11H14N2O2.C3H8/c1-11-5-12(2)20(13(3)6-11)14-7-15(21(23)16(22)8-14)17(9-19(27)28)25-18(26)10-24-4;1-12-5-9(6-12)7-13-4-2-3-10(8-14)11(13)15;1-3-2/h5-8,17,24H,9-10H2,1-4H3,(H,25,26)(H,27,28);2-4,8-9H,5-7H2,1H3;3H2,1-2H3. The van der Waals surface area contributed by atoms with Crippen molar-refractivity contribution in [3.05, 3.63) is 92.4 Å². The zero-order chi connectivity index (χ0) is 34.6. The number of pyridine rings is 1. The van der Waals surface area contributed by atoms with Crippen LogP contribution in [0.3, 0.4) is 0 Å². The molecule has 1 aliphatic heterocycles. The maximum Gasteiger partial charge on any atom is 0.305 e. The Kier molecular flexibility index (Phi) is 14.9. The lowest BCUT2D eigenvalue weighted by Gasteiger charge is -2.36. The molecule has 250 valence electrons. The maximum absolute atomic E-state index is 14.6. The summed E-state index contributed by atoms with van der Waals surface area (Å²) < 4.78 is 30.6. The van der Waals surface area contributed by atoms with E-state index in [0.717, 1.165) is 41.4 Å². The molecule has 0 saturated carbocycles. The topological polar surface area (TPSA) is 121 Å². The number of carbonyl (C=O) groups excluding carboxylic acids is 2. The van der Waals surface area contributed by atoms with Crippen molar-refractivity contribution in [3.63, 3.8) is 0 Å². The summed E-state index contributed by atoms with van der Waals surface area (Å²) in [6.45, 7) is 12.6. The number of hydrogen-bond acceptors (Lipinski definition) is 6. The molecule has 1 amide bonds. The van der Waals surface area contributed by atoms with Crippen LogP contribution in [0.5, 0.6) is 0 Å². The molecule has 0 bridgehead atoms. The zero-order valence-electron chi connectivity index (χ0n) is 27.7. The SMILES string of the molecule is CCC.CN1CC(Cn2cccc(C=O)c2=O)C1.CNCC(=O)NC(CC(=O)O)c1cc(-c2c(C)cc(C)cc2C)cc(F)c1F. The van der Waals surface area contributed by atoms with Gasteiger partial charge in [0, 0.05) is 37.3 Å². The first-order valence-corrected chi connectivity index (χ1v) is 15.3. The van der Waals surface area contributed by atoms with Gasteiger partial charge in [-0.25, -0.2) is 8.78 Å². The molecular formula is C35H46F2N4O5. The Bertz CT molecular complexity index is 1540. The molecule has 3 aromatic rings. The van der Waals surface area contributed by atoms with Gasteiger partial charge in [-0.05, 0) is 81.4 Å². The van der Waals surface area contributed by atoms with E-state index in [2.05, 4.69) is 36.4 Å². The Hall–Kier alpha value is -4.22. The average molecular weight is 641 g/mol. The molecule has 0 aliphatic carbocycles. The number of hydrogen-bond donors (Lipinski definition) is 3. The quantitative estimate of drug-likeness (QED) is 0.266. The van der Waals surface area contributed by atoms with E-state index < -0.39 is 36.0 Å². The number of carboxylic acids is 1. The molecular weight excluding hydrogens is 594 g/mol. The molecule has 3 N–H and O–H groups in total. The molecule has 11 heteroatoms. The van der Waals surface area contributed by atoms with E-state index in [4.69, 9.17) is 0 Å². The number of likely N-dealkylation sites (tertiary alicyclic amines) is 1. The normalized spacial score (nSPS) is 13.3. The van der Waals surface area contributed by atoms with Gasteiger partial charge >= 0.3 is 5.97 Å². The molecule has 0 spiro atoms. The summed E-state index contributed by atoms with van der Waals surface area (Å²) in [5.41, 5.74) is 3.88. The first-order chi connectivity index (χ1) is 21.8. The molecule has 1 fully saturated rings. The first kappa shape index (κ1) is 38.0. The summed E-state index contributed by atoms with van der Waals surface area (Å²) in [5.74, 6) is -3.47. The summed E-state index contributed by atoms with van der Waals surface area (Å²) >= 11 is 0. The third-order valence-corrected chi connectivity index (χ3v) is 7.22. The summed E-state index contributed by atoms with van der Waals surface area (Å²) in [6.07, 6.45) is 3.04. The average Bonchev–Trinajstić information content (AvgIpc) is 2.95. The highest BCUT2D eigenvalue weighted by Crippen LogP contribution is 2.33. The van der Waals surface area contributed by atoms with Crippen LogP contribution in [-0.4, -0.2) is 66.5 Å². The molecule has 2 aromatic carbocycles. The fourth-order valence-electron chi connectivity index (χ4n) is 5.47. The van der Waals surface area contributed by atoms with Gasteiger partial charge in [0.1, 0.15) is 0 Å². The van der Waals surface area contributed by atoms with Crippen LogP contribution in [0.4, 0.5) is 8.78 Å². The molecule has 1 aliphatic rings. The number of aldehydes is 1. The molecule has 1 atom stereocenters. The number of halogens is 2. The van der Waals surface area contributed by atoms with Crippen molar-refractivity contribution in [2.24, 2.45) is 5.92 Å². The fourth-order valence-corrected chi connectivity index (χ4v) is 5.47. The van der Waals surface area contributed by atoms with Crippen LogP contribution in [0, 0.1) is 38.3 Å². The second-order valence-electron chi connectivity index (χ2n) is 11.7. The van der Waals surface area contributed by atoms with Gasteiger partial charge in [-0.1, -0.05) is 38.0 Å². The van der Waals surface area contributed by atoms with Crippen LogP contribution >= 0.6 is 0 Å². The van der Waals surface area contributed by atoms with Crippen LogP contribution in [0.15, 0.2) is 47.4 Å². The van der Waals surface area contributed by atoms with E-state index in [0.29, 0.717) is 24.3 Å². The highest BCUT2D eigenvalue weighted by atomic mass is 19.2. The van der Waals surface area contributed by atoms with E-state index in [1.54, 1.807) is 29.9 Å². The van der Waals surface area contributed by atoms with Crippen molar-refractivity contribution < 1.29 is 28.3 Å². The van der Waals surface area contributed by atoms with E-state index in [1.165, 1.54) is 12.5 Å². The van der Waals surface area contributed by atoms with Gasteiger partial charge in [0.25, 0.3) is 5.56 Å². The Morgan fingerprint density at radius 1 is 1.09 bits per heavy atom. The van der Waals surface area contributed by atoms with Gasteiger partial charge < -0.3 is 25.2 Å². The predicted octanol–water partition coefficient (Wildman–Crippen LogP) is 5.05. The van der Waals surface area contributed by atoms with Crippen LogP contribution in [0.1, 0.15) is 65.3 Å². The lowest BCUT2D eigenvalue weighted by atomic mass is 9.91. The molecule has 9 nitrogen and oxygen atoms in total. The van der Waals surface area contributed by atoms with Crippen molar-refractivity contribution >= 4 is 18.2 Å². The number of benzene rings is 2. The Morgan fingerprint density at radius 3 is 2.22 bits per heavy atom. The minimum atomic E-state index is -1.23. The fraction of sp³-hybridized carbons (Fsp3) is 0.429. The van der Waals surface area contributed by atoms with Gasteiger partial charge in [-0.2, -0.15) is 0 Å². The van der Waals surface area contributed by atoms with Crippen LogP contribution in [0.2, 0.25) is 0 Å². The monoisotopic (exact) mass is 640 g/mol. The number of carboxylic acid groups (broad SMARTS) is 1. The van der Waals surface area contributed by atoms with Crippen LogP contribution in [-0.2, 0) is 16.1 Å². The highest BCUT2D eigenvalue weighted by Gasteiger charge is 2.25. The maximum atomic E-state index is 14.6. The van der Waals surface area contributed by atoms with Gasteiger partial charge in [-0.15, -0.1) is 0 Å². The second kappa shape index (κ2) is 18.1. The molecule has 0 radical (unpaired) electrons. The lowest BCUT2D eigenvalue weighted by Crippen LogP contribution is -2.46. The van der Waals surface area contributed by atoms with Gasteiger partial charge in [-0.3, -0.25) is 19.2 Å². The second-order valence-corrected chi connectivity index (χ2v) is 11.7. The Balaban J connectivity index is 0.000000341. The molecule has 4 rings (SSSR count). The Morgan fingerprint density at radius 2 is 1.70 bits per heavy atom. The predicted molar refractivity (Wildman–Crippen MR) is 176 cm³/mol. The van der Waals surface area contributed by atoms with Crippen LogP contribution in [0.25, 0.3) is 11.1 Å². The van der Waals surface area contributed by atoms with Crippen molar-refractivity contribution in [2.75, 3.05) is 33.7 Å². The molecule has 1 saturated heterocycles. The first-order valence-electron chi connectivity index (χ1n) is 15.3. The number of carbonyl (C=O) groups is 3. The minimum Gasteiger partial charge on any atom is -0.481 e. The number of likely N-dealkylation sites (N-methyl/N-ethyl adjacent to an activating group) is 1. The zero-order valence-corrected chi connectivity index (χ0v) is 27.7. The van der Waals surface area contributed by atoms with E-state index in [1.807, 2.05) is 32.9 Å². The highest BCUT2D eigenvalue weighted by molar-refractivity contribution is 5.80. The number of nitrogens with zero attached hydrogens (tertiary/aromatic N) is 2. The van der Waals surface area contributed by atoms with Crippen LogP contribution < -0.4 is 16.2 Å². The summed E-state index contributed by atoms with van der Waals surface area (Å²) in [5, 5.41) is 14.3. The van der Waals surface area contributed by atoms with E-state index in [9.17, 15) is 33.1 Å². The summed E-state index contributed by atoms with van der Waals surface area (Å²) in [4.78, 5) is 47.6. The number of nitrogens with one attached hydrogen (secondary N) is 2. The van der Waals surface area contributed by atoms with E-state index in [-0.39, 0.29) is 23.2 Å². The van der Waals surface area contributed by atoms with Crippen molar-refractivity contribution in [2.45, 2.75) is 60.0 Å². The number of amides is 1. The third-order valence-electron chi connectivity index (χ3n) is 7.22. The molecule has 1 unspecified atom stereocenters. The number of aromatic nitrogens is 1. The smallest absolute Gasteiger partial charge is 0.305 e. The summed E-state index contributed by atoms with van der Waals surface area (Å²) in [7, 11) is 3.61. The minimum absolute atomic E-state index is 0.0733. The third kappa shape index (κ3) is 10.7. The molecule has 1 aromatic heterocycles. The molecule has 46 heavy (non-hydrogen) atoms. The largest absolute Gasteiger partial charge is 0.481 e. The van der Waals surface area contributed by atoms with Crippen molar-refractivity contribution in [1.82, 2.24) is 20.1 Å². The number of rotatable bonds is 10. The molecule has 2 heterocycles. The van der Waals surface area contributed by atoms with E-state index >= 15 is 0 Å². The van der Waals surface area contributed by atoms with Gasteiger partial charge in [0.15, 0.2) is 17.9 Å².